The second-order valence-electron chi connectivity index (χ2n) is 4.40. The first-order chi connectivity index (χ1) is 9.51. The Kier molecular flexibility index (Phi) is 3.89. The molecule has 2 aromatic rings. The molecular weight excluding hydrogens is 259 g/mol. The number of amides is 1. The Bertz CT molecular complexity index is 656. The lowest BCUT2D eigenvalue weighted by atomic mass is 10.1. The summed E-state index contributed by atoms with van der Waals surface area (Å²) < 4.78 is 18.9. The number of nitrogen functional groups attached to an aromatic ring is 1. The number of nitrogens with one attached hydrogen (secondary N) is 1. The summed E-state index contributed by atoms with van der Waals surface area (Å²) in [6, 6.07) is 9.28. The van der Waals surface area contributed by atoms with Crippen LogP contribution in [0, 0.1) is 12.7 Å². The van der Waals surface area contributed by atoms with Crippen molar-refractivity contribution in [2.24, 2.45) is 0 Å². The van der Waals surface area contributed by atoms with Crippen molar-refractivity contribution in [2.45, 2.75) is 6.92 Å². The molecule has 0 fully saturated rings. The molecule has 0 radical (unpaired) electrons. The molecule has 0 atom stereocenters. The van der Waals surface area contributed by atoms with Crippen LogP contribution in [0.3, 0.4) is 0 Å². The van der Waals surface area contributed by atoms with Crippen molar-refractivity contribution in [1.29, 1.82) is 0 Å². The fourth-order valence-electron chi connectivity index (χ4n) is 1.82. The largest absolute Gasteiger partial charge is 0.495 e. The number of hydrogen-bond acceptors (Lipinski definition) is 3. The Labute approximate surface area is 116 Å². The molecule has 0 bridgehead atoms. The predicted molar refractivity (Wildman–Crippen MR) is 76.5 cm³/mol. The summed E-state index contributed by atoms with van der Waals surface area (Å²) in [5.74, 6) is -0.656. The van der Waals surface area contributed by atoms with E-state index >= 15 is 0 Å². The fraction of sp³-hybridized carbons (Fsp3) is 0.133. The number of carbonyl (C=O) groups is 1. The van der Waals surface area contributed by atoms with Crippen molar-refractivity contribution in [1.82, 2.24) is 0 Å². The van der Waals surface area contributed by atoms with Crippen LogP contribution < -0.4 is 15.8 Å². The Morgan fingerprint density at radius 3 is 2.65 bits per heavy atom. The minimum Gasteiger partial charge on any atom is -0.495 e. The zero-order valence-electron chi connectivity index (χ0n) is 11.2. The predicted octanol–water partition coefficient (Wildman–Crippen LogP) is 2.98. The second kappa shape index (κ2) is 5.61. The van der Waals surface area contributed by atoms with Crippen molar-refractivity contribution in [3.05, 3.63) is 53.3 Å². The maximum absolute atomic E-state index is 13.7. The number of ether oxygens (including phenoxy) is 1. The van der Waals surface area contributed by atoms with E-state index in [1.54, 1.807) is 31.2 Å². The first-order valence-corrected chi connectivity index (χ1v) is 6.02. The monoisotopic (exact) mass is 274 g/mol. The lowest BCUT2D eigenvalue weighted by molar-refractivity contribution is 0.102. The number of hydrogen-bond donors (Lipinski definition) is 2. The molecule has 0 aliphatic heterocycles. The average Bonchev–Trinajstić information content (AvgIpc) is 2.38. The molecular formula is C15H15FN2O2. The Balaban J connectivity index is 2.30. The molecule has 4 nitrogen and oxygen atoms in total. The van der Waals surface area contributed by atoms with Crippen LogP contribution in [0.15, 0.2) is 36.4 Å². The Morgan fingerprint density at radius 1 is 1.25 bits per heavy atom. The quantitative estimate of drug-likeness (QED) is 0.846. The van der Waals surface area contributed by atoms with Crippen LogP contribution in [0.2, 0.25) is 0 Å². The van der Waals surface area contributed by atoms with Gasteiger partial charge in [-0.25, -0.2) is 4.39 Å². The van der Waals surface area contributed by atoms with Crippen LogP contribution in [0.1, 0.15) is 15.9 Å². The summed E-state index contributed by atoms with van der Waals surface area (Å²) in [6.45, 7) is 1.76. The van der Waals surface area contributed by atoms with E-state index in [2.05, 4.69) is 5.32 Å². The lowest BCUT2D eigenvalue weighted by Crippen LogP contribution is -2.14. The van der Waals surface area contributed by atoms with Gasteiger partial charge >= 0.3 is 0 Å². The molecule has 20 heavy (non-hydrogen) atoms. The number of rotatable bonds is 3. The molecule has 0 saturated carbocycles. The molecule has 0 aromatic heterocycles. The fourth-order valence-corrected chi connectivity index (χ4v) is 1.82. The lowest BCUT2D eigenvalue weighted by Gasteiger charge is -2.11. The van der Waals surface area contributed by atoms with Gasteiger partial charge in [0.1, 0.15) is 11.6 Å². The summed E-state index contributed by atoms with van der Waals surface area (Å²) in [7, 11) is 1.48. The molecule has 2 aromatic carbocycles. The maximum Gasteiger partial charge on any atom is 0.258 e. The molecule has 104 valence electrons. The van der Waals surface area contributed by atoms with Gasteiger partial charge in [0.05, 0.1) is 18.4 Å². The van der Waals surface area contributed by atoms with E-state index in [4.69, 9.17) is 10.5 Å². The molecule has 0 unspecified atom stereocenters. The van der Waals surface area contributed by atoms with Crippen LogP contribution in [0.4, 0.5) is 15.8 Å². The SMILES string of the molecule is COc1ccc(N)cc1NC(=O)c1ccc(C)cc1F. The third-order valence-corrected chi connectivity index (χ3v) is 2.84. The standard InChI is InChI=1S/C15H15FN2O2/c1-9-3-5-11(12(16)7-9)15(19)18-13-8-10(17)4-6-14(13)20-2/h3-8H,17H2,1-2H3,(H,18,19). The normalized spacial score (nSPS) is 10.2. The van der Waals surface area contributed by atoms with Gasteiger partial charge in [0.25, 0.3) is 5.91 Å². The van der Waals surface area contributed by atoms with Gasteiger partial charge in [-0.1, -0.05) is 6.07 Å². The zero-order valence-corrected chi connectivity index (χ0v) is 11.2. The van der Waals surface area contributed by atoms with Crippen molar-refractivity contribution in [3.63, 3.8) is 0 Å². The molecule has 0 saturated heterocycles. The van der Waals surface area contributed by atoms with E-state index in [0.29, 0.717) is 17.1 Å². The highest BCUT2D eigenvalue weighted by molar-refractivity contribution is 6.05. The molecule has 0 spiro atoms. The van der Waals surface area contributed by atoms with Crippen LogP contribution >= 0.6 is 0 Å². The van der Waals surface area contributed by atoms with Crippen molar-refractivity contribution in [2.75, 3.05) is 18.2 Å². The number of aryl methyl sites for hydroxylation is 1. The third-order valence-electron chi connectivity index (χ3n) is 2.84. The van der Waals surface area contributed by atoms with Crippen LogP contribution in [0.25, 0.3) is 0 Å². The van der Waals surface area contributed by atoms with Crippen molar-refractivity contribution < 1.29 is 13.9 Å². The molecule has 0 aliphatic rings. The minimum absolute atomic E-state index is 0.0277. The van der Waals surface area contributed by atoms with Gasteiger partial charge in [0, 0.05) is 5.69 Å². The number of nitrogens with two attached hydrogens (primary N) is 1. The van der Waals surface area contributed by atoms with E-state index < -0.39 is 11.7 Å². The zero-order chi connectivity index (χ0) is 14.7. The summed E-state index contributed by atoms with van der Waals surface area (Å²) in [5, 5.41) is 2.59. The smallest absolute Gasteiger partial charge is 0.258 e. The van der Waals surface area contributed by atoms with Gasteiger partial charge in [-0.2, -0.15) is 0 Å². The highest BCUT2D eigenvalue weighted by Crippen LogP contribution is 2.27. The highest BCUT2D eigenvalue weighted by Gasteiger charge is 2.14. The van der Waals surface area contributed by atoms with Gasteiger partial charge in [-0.15, -0.1) is 0 Å². The highest BCUT2D eigenvalue weighted by atomic mass is 19.1. The molecule has 5 heteroatoms. The van der Waals surface area contributed by atoms with Crippen molar-refractivity contribution >= 4 is 17.3 Å². The van der Waals surface area contributed by atoms with Gasteiger partial charge in [-0.3, -0.25) is 4.79 Å². The maximum atomic E-state index is 13.7. The number of benzene rings is 2. The number of methoxy groups -OCH3 is 1. The van der Waals surface area contributed by atoms with Crippen LogP contribution in [-0.4, -0.2) is 13.0 Å². The van der Waals surface area contributed by atoms with Gasteiger partial charge in [-0.05, 0) is 42.8 Å². The molecule has 0 heterocycles. The Morgan fingerprint density at radius 2 is 2.00 bits per heavy atom. The second-order valence-corrected chi connectivity index (χ2v) is 4.40. The van der Waals surface area contributed by atoms with Gasteiger partial charge in [0.15, 0.2) is 0 Å². The molecule has 2 rings (SSSR count). The van der Waals surface area contributed by atoms with Gasteiger partial charge in [0.2, 0.25) is 0 Å². The van der Waals surface area contributed by atoms with E-state index in [1.807, 2.05) is 0 Å². The topological polar surface area (TPSA) is 64.3 Å². The molecule has 0 aliphatic carbocycles. The summed E-state index contributed by atoms with van der Waals surface area (Å²) >= 11 is 0. The van der Waals surface area contributed by atoms with Crippen LogP contribution in [-0.2, 0) is 0 Å². The number of anilines is 2. The van der Waals surface area contributed by atoms with E-state index in [1.165, 1.54) is 19.2 Å². The average molecular weight is 274 g/mol. The van der Waals surface area contributed by atoms with Crippen molar-refractivity contribution in [3.8, 4) is 5.75 Å². The Hall–Kier alpha value is -2.56. The number of halogens is 1. The summed E-state index contributed by atoms with van der Waals surface area (Å²) in [6.07, 6.45) is 0. The summed E-state index contributed by atoms with van der Waals surface area (Å²) in [5.41, 5.74) is 7.27. The minimum atomic E-state index is -0.564. The third kappa shape index (κ3) is 2.88. The molecule has 3 N–H and O–H groups in total. The number of carbonyl (C=O) groups excluding carboxylic acids is 1. The van der Waals surface area contributed by atoms with Crippen LogP contribution in [0.5, 0.6) is 5.75 Å². The first-order valence-electron chi connectivity index (χ1n) is 6.02. The summed E-state index contributed by atoms with van der Waals surface area (Å²) in [4.78, 5) is 12.1. The van der Waals surface area contributed by atoms with E-state index in [9.17, 15) is 9.18 Å². The first kappa shape index (κ1) is 13.9. The van der Waals surface area contributed by atoms with E-state index in [0.717, 1.165) is 5.56 Å². The van der Waals surface area contributed by atoms with Gasteiger partial charge < -0.3 is 15.8 Å². The van der Waals surface area contributed by atoms with E-state index in [-0.39, 0.29) is 5.56 Å². The molecule has 1 amide bonds.